The van der Waals surface area contributed by atoms with Gasteiger partial charge in [-0.25, -0.2) is 17.6 Å². The molecule has 1 unspecified atom stereocenters. The van der Waals surface area contributed by atoms with Crippen LogP contribution in [0.5, 0.6) is 0 Å². The van der Waals surface area contributed by atoms with Gasteiger partial charge in [-0.1, -0.05) is 24.9 Å². The summed E-state index contributed by atoms with van der Waals surface area (Å²) in [6.45, 7) is 1.85. The zero-order valence-corrected chi connectivity index (χ0v) is 16.0. The number of nitrogens with zero attached hydrogens (tertiary/aromatic N) is 1. The second kappa shape index (κ2) is 8.81. The molecule has 1 saturated heterocycles. The number of hydrogen-bond acceptors (Lipinski definition) is 5. The van der Waals surface area contributed by atoms with Gasteiger partial charge in [0, 0.05) is 12.6 Å². The number of hydrogen-bond donors (Lipinski definition) is 0. The second-order valence-corrected chi connectivity index (χ2v) is 8.83. The van der Waals surface area contributed by atoms with Gasteiger partial charge in [0.15, 0.2) is 16.4 Å². The number of benzene rings is 1. The number of ether oxygens (including phenoxy) is 1. The SMILES string of the molecule is CCCCN(C(=O)COC(=O)c1ccc(F)cc1Cl)C1CCS(=O)(=O)C1. The normalized spacial score (nSPS) is 18.5. The Labute approximate surface area is 157 Å². The van der Waals surface area contributed by atoms with Crippen molar-refractivity contribution in [1.82, 2.24) is 4.90 Å². The predicted octanol–water partition coefficient (Wildman–Crippen LogP) is 2.45. The van der Waals surface area contributed by atoms with Crippen LogP contribution in [0.2, 0.25) is 5.02 Å². The van der Waals surface area contributed by atoms with Gasteiger partial charge in [-0.2, -0.15) is 0 Å². The highest BCUT2D eigenvalue weighted by molar-refractivity contribution is 7.91. The molecule has 1 amide bonds. The molecule has 144 valence electrons. The fourth-order valence-corrected chi connectivity index (χ4v) is 4.78. The van der Waals surface area contributed by atoms with Crippen LogP contribution in [-0.4, -0.2) is 55.9 Å². The molecule has 1 aromatic rings. The van der Waals surface area contributed by atoms with E-state index in [0.717, 1.165) is 25.0 Å². The number of rotatable bonds is 7. The van der Waals surface area contributed by atoms with Crippen molar-refractivity contribution in [1.29, 1.82) is 0 Å². The lowest BCUT2D eigenvalue weighted by atomic mass is 10.2. The van der Waals surface area contributed by atoms with Gasteiger partial charge in [-0.15, -0.1) is 0 Å². The van der Waals surface area contributed by atoms with Crippen LogP contribution in [0.4, 0.5) is 4.39 Å². The van der Waals surface area contributed by atoms with Crippen molar-refractivity contribution in [2.75, 3.05) is 24.7 Å². The third-order valence-electron chi connectivity index (χ3n) is 4.20. The molecule has 2 rings (SSSR count). The van der Waals surface area contributed by atoms with E-state index in [2.05, 4.69) is 0 Å². The molecule has 0 aromatic heterocycles. The van der Waals surface area contributed by atoms with E-state index in [0.29, 0.717) is 13.0 Å². The number of carbonyl (C=O) groups excluding carboxylic acids is 2. The van der Waals surface area contributed by atoms with E-state index in [4.69, 9.17) is 16.3 Å². The summed E-state index contributed by atoms with van der Waals surface area (Å²) in [7, 11) is -3.14. The Morgan fingerprint density at radius 1 is 1.38 bits per heavy atom. The maximum Gasteiger partial charge on any atom is 0.340 e. The lowest BCUT2D eigenvalue weighted by molar-refractivity contribution is -0.136. The Morgan fingerprint density at radius 2 is 2.12 bits per heavy atom. The number of carbonyl (C=O) groups is 2. The summed E-state index contributed by atoms with van der Waals surface area (Å²) in [5.74, 6) is -1.89. The summed E-state index contributed by atoms with van der Waals surface area (Å²) in [5.41, 5.74) is -0.0376. The lowest BCUT2D eigenvalue weighted by Crippen LogP contribution is -2.43. The molecule has 26 heavy (non-hydrogen) atoms. The topological polar surface area (TPSA) is 80.8 Å². The van der Waals surface area contributed by atoms with Gasteiger partial charge in [0.2, 0.25) is 0 Å². The third kappa shape index (κ3) is 5.41. The molecular weight excluding hydrogens is 385 g/mol. The van der Waals surface area contributed by atoms with Crippen LogP contribution in [0.1, 0.15) is 36.5 Å². The van der Waals surface area contributed by atoms with Gasteiger partial charge in [-0.3, -0.25) is 4.79 Å². The summed E-state index contributed by atoms with van der Waals surface area (Å²) < 4.78 is 41.4. The average molecular weight is 406 g/mol. The van der Waals surface area contributed by atoms with E-state index in [-0.39, 0.29) is 22.1 Å². The molecule has 0 aliphatic carbocycles. The fraction of sp³-hybridized carbons (Fsp3) is 0.529. The number of unbranched alkanes of at least 4 members (excludes halogenated alkanes) is 1. The van der Waals surface area contributed by atoms with Crippen molar-refractivity contribution in [3.05, 3.63) is 34.6 Å². The van der Waals surface area contributed by atoms with Crippen LogP contribution in [0.25, 0.3) is 0 Å². The summed E-state index contributed by atoms with van der Waals surface area (Å²) >= 11 is 5.80. The second-order valence-electron chi connectivity index (χ2n) is 6.20. The van der Waals surface area contributed by atoms with Gasteiger partial charge in [-0.05, 0) is 31.0 Å². The lowest BCUT2D eigenvalue weighted by Gasteiger charge is -2.28. The average Bonchev–Trinajstić information content (AvgIpc) is 2.92. The number of halogens is 2. The summed E-state index contributed by atoms with van der Waals surface area (Å²) in [6, 6.07) is 2.84. The van der Waals surface area contributed by atoms with E-state index in [1.165, 1.54) is 11.0 Å². The maximum absolute atomic E-state index is 13.0. The Morgan fingerprint density at radius 3 is 2.69 bits per heavy atom. The Kier molecular flexibility index (Phi) is 7.00. The molecule has 9 heteroatoms. The highest BCUT2D eigenvalue weighted by Gasteiger charge is 2.34. The molecule has 1 heterocycles. The Hall–Kier alpha value is -1.67. The van der Waals surface area contributed by atoms with Crippen LogP contribution in [0.3, 0.4) is 0 Å². The quantitative estimate of drug-likeness (QED) is 0.651. The van der Waals surface area contributed by atoms with Crippen molar-refractivity contribution >= 4 is 33.3 Å². The van der Waals surface area contributed by atoms with Crippen molar-refractivity contribution in [2.45, 2.75) is 32.2 Å². The molecule has 0 N–H and O–H groups in total. The molecule has 1 aliphatic rings. The van der Waals surface area contributed by atoms with E-state index in [1.54, 1.807) is 0 Å². The molecule has 0 saturated carbocycles. The maximum atomic E-state index is 13.0. The molecule has 1 atom stereocenters. The highest BCUT2D eigenvalue weighted by atomic mass is 35.5. The van der Waals surface area contributed by atoms with E-state index in [1.807, 2.05) is 6.92 Å². The number of sulfone groups is 1. The van der Waals surface area contributed by atoms with Gasteiger partial charge in [0.1, 0.15) is 5.82 Å². The monoisotopic (exact) mass is 405 g/mol. The van der Waals surface area contributed by atoms with Gasteiger partial charge >= 0.3 is 5.97 Å². The predicted molar refractivity (Wildman–Crippen MR) is 95.4 cm³/mol. The molecule has 0 radical (unpaired) electrons. The summed E-state index contributed by atoms with van der Waals surface area (Å²) in [6.07, 6.45) is 1.95. The zero-order valence-electron chi connectivity index (χ0n) is 14.4. The summed E-state index contributed by atoms with van der Waals surface area (Å²) in [5, 5.41) is -0.104. The first-order valence-electron chi connectivity index (χ1n) is 8.35. The molecule has 1 aliphatic heterocycles. The molecule has 1 fully saturated rings. The van der Waals surface area contributed by atoms with Crippen LogP contribution in [-0.2, 0) is 19.4 Å². The molecule has 1 aromatic carbocycles. The van der Waals surface area contributed by atoms with Crippen molar-refractivity contribution < 1.29 is 27.1 Å². The van der Waals surface area contributed by atoms with Crippen LogP contribution >= 0.6 is 11.6 Å². The van der Waals surface area contributed by atoms with Crippen molar-refractivity contribution in [2.24, 2.45) is 0 Å². The Balaban J connectivity index is 2.01. The first kappa shape index (κ1) is 20.6. The molecule has 0 bridgehead atoms. The van der Waals surface area contributed by atoms with Gasteiger partial charge < -0.3 is 9.64 Å². The molecule has 0 spiro atoms. The first-order valence-corrected chi connectivity index (χ1v) is 10.6. The van der Waals surface area contributed by atoms with E-state index < -0.39 is 40.2 Å². The van der Waals surface area contributed by atoms with Crippen LogP contribution in [0, 0.1) is 5.82 Å². The van der Waals surface area contributed by atoms with E-state index in [9.17, 15) is 22.4 Å². The smallest absolute Gasteiger partial charge is 0.340 e. The van der Waals surface area contributed by atoms with E-state index >= 15 is 0 Å². The van der Waals surface area contributed by atoms with Crippen molar-refractivity contribution in [3.63, 3.8) is 0 Å². The number of esters is 1. The Bertz CT molecular complexity index is 783. The highest BCUT2D eigenvalue weighted by Crippen LogP contribution is 2.20. The zero-order chi connectivity index (χ0) is 19.3. The standard InChI is InChI=1S/C17H21ClFNO5S/c1-2-3-7-20(13-6-8-26(23,24)11-13)16(21)10-25-17(22)14-5-4-12(19)9-15(14)18/h4-5,9,13H,2-3,6-8,10-11H2,1H3. The van der Waals surface area contributed by atoms with Gasteiger partial charge in [0.05, 0.1) is 22.1 Å². The van der Waals surface area contributed by atoms with Gasteiger partial charge in [0.25, 0.3) is 5.91 Å². The minimum atomic E-state index is -3.14. The number of amides is 1. The minimum Gasteiger partial charge on any atom is -0.452 e. The van der Waals surface area contributed by atoms with Crippen LogP contribution < -0.4 is 0 Å². The fourth-order valence-electron chi connectivity index (χ4n) is 2.80. The van der Waals surface area contributed by atoms with Crippen LogP contribution in [0.15, 0.2) is 18.2 Å². The first-order chi connectivity index (χ1) is 12.2. The largest absolute Gasteiger partial charge is 0.452 e. The summed E-state index contributed by atoms with van der Waals surface area (Å²) in [4.78, 5) is 26.0. The minimum absolute atomic E-state index is 0.0376. The third-order valence-corrected chi connectivity index (χ3v) is 6.26. The molecule has 6 nitrogen and oxygen atoms in total. The molecular formula is C17H21ClFNO5S. The van der Waals surface area contributed by atoms with Crippen molar-refractivity contribution in [3.8, 4) is 0 Å².